The van der Waals surface area contributed by atoms with Crippen molar-refractivity contribution >= 4 is 46.3 Å². The molecule has 2 amide bonds. The SMILES string of the molecule is NC(=O)N(c1ccc(Cl)cc1)[S+]([O-])c1ccc(Cl)cc1. The van der Waals surface area contributed by atoms with Crippen LogP contribution >= 0.6 is 23.2 Å². The van der Waals surface area contributed by atoms with E-state index in [1.165, 1.54) is 0 Å². The maximum atomic E-state index is 12.4. The first kappa shape index (κ1) is 15.0. The molecule has 0 fully saturated rings. The number of hydrogen-bond donors (Lipinski definition) is 1. The van der Waals surface area contributed by atoms with Crippen molar-refractivity contribution in [2.75, 3.05) is 4.31 Å². The predicted molar refractivity (Wildman–Crippen MR) is 81.4 cm³/mol. The summed E-state index contributed by atoms with van der Waals surface area (Å²) in [4.78, 5) is 12.0. The molecule has 0 aromatic heterocycles. The zero-order valence-corrected chi connectivity index (χ0v) is 12.5. The van der Waals surface area contributed by atoms with Crippen molar-refractivity contribution < 1.29 is 9.35 Å². The molecule has 0 aliphatic heterocycles. The average molecular weight is 329 g/mol. The smallest absolute Gasteiger partial charge is 0.361 e. The van der Waals surface area contributed by atoms with Crippen LogP contribution in [0, 0.1) is 0 Å². The second-order valence-corrected chi connectivity index (χ2v) is 6.02. The van der Waals surface area contributed by atoms with Crippen LogP contribution in [0.5, 0.6) is 0 Å². The molecule has 20 heavy (non-hydrogen) atoms. The van der Waals surface area contributed by atoms with Crippen LogP contribution in [-0.2, 0) is 11.4 Å². The lowest BCUT2D eigenvalue weighted by Gasteiger charge is -2.21. The van der Waals surface area contributed by atoms with Gasteiger partial charge in [0.2, 0.25) is 0 Å². The van der Waals surface area contributed by atoms with E-state index in [0.29, 0.717) is 20.6 Å². The number of carbonyl (C=O) groups is 1. The van der Waals surface area contributed by atoms with Gasteiger partial charge in [0.15, 0.2) is 4.90 Å². The Balaban J connectivity index is 2.35. The Morgan fingerprint density at radius 3 is 1.90 bits per heavy atom. The Morgan fingerprint density at radius 2 is 1.45 bits per heavy atom. The molecular weight excluding hydrogens is 319 g/mol. The van der Waals surface area contributed by atoms with E-state index in [2.05, 4.69) is 0 Å². The lowest BCUT2D eigenvalue weighted by atomic mass is 10.3. The van der Waals surface area contributed by atoms with Crippen molar-refractivity contribution in [2.24, 2.45) is 5.73 Å². The number of benzene rings is 2. The van der Waals surface area contributed by atoms with Crippen molar-refractivity contribution in [3.05, 3.63) is 58.6 Å². The van der Waals surface area contributed by atoms with Gasteiger partial charge in [0.1, 0.15) is 11.4 Å². The largest absolute Gasteiger partial charge is 0.587 e. The van der Waals surface area contributed by atoms with Gasteiger partial charge in [-0.15, -0.1) is 4.31 Å². The number of halogens is 2. The van der Waals surface area contributed by atoms with E-state index in [1.54, 1.807) is 48.5 Å². The summed E-state index contributed by atoms with van der Waals surface area (Å²) in [7, 11) is 0. The highest BCUT2D eigenvalue weighted by atomic mass is 35.5. The first-order valence-electron chi connectivity index (χ1n) is 5.51. The molecule has 7 heteroatoms. The van der Waals surface area contributed by atoms with Gasteiger partial charge in [-0.3, -0.25) is 0 Å². The molecule has 0 aliphatic carbocycles. The third-order valence-electron chi connectivity index (χ3n) is 2.44. The topological polar surface area (TPSA) is 69.4 Å². The summed E-state index contributed by atoms with van der Waals surface area (Å²) >= 11 is 9.80. The summed E-state index contributed by atoms with van der Waals surface area (Å²) in [6.45, 7) is 0. The van der Waals surface area contributed by atoms with Crippen molar-refractivity contribution in [1.82, 2.24) is 0 Å². The Kier molecular flexibility index (Phi) is 4.77. The summed E-state index contributed by atoms with van der Waals surface area (Å²) in [5.74, 6) is 0. The van der Waals surface area contributed by atoms with E-state index in [-0.39, 0.29) is 0 Å². The summed E-state index contributed by atoms with van der Waals surface area (Å²) < 4.78 is 13.4. The lowest BCUT2D eigenvalue weighted by Crippen LogP contribution is -2.40. The van der Waals surface area contributed by atoms with Gasteiger partial charge in [-0.2, -0.15) is 0 Å². The normalized spacial score (nSPS) is 11.9. The fraction of sp³-hybridized carbons (Fsp3) is 0. The third kappa shape index (κ3) is 3.37. The third-order valence-corrected chi connectivity index (χ3v) is 4.34. The average Bonchev–Trinajstić information content (AvgIpc) is 2.41. The summed E-state index contributed by atoms with van der Waals surface area (Å²) in [5, 5.41) is 1.03. The zero-order valence-electron chi connectivity index (χ0n) is 10.1. The fourth-order valence-electron chi connectivity index (χ4n) is 1.54. The van der Waals surface area contributed by atoms with E-state index < -0.39 is 17.4 Å². The van der Waals surface area contributed by atoms with Crippen molar-refractivity contribution in [3.63, 3.8) is 0 Å². The first-order valence-corrected chi connectivity index (χ1v) is 7.38. The molecule has 0 radical (unpaired) electrons. The number of carbonyl (C=O) groups excluding carboxylic acids is 1. The summed E-state index contributed by atoms with van der Waals surface area (Å²) in [6, 6.07) is 11.8. The van der Waals surface area contributed by atoms with Gasteiger partial charge in [-0.25, -0.2) is 4.79 Å². The van der Waals surface area contributed by atoms with Gasteiger partial charge in [0, 0.05) is 10.0 Å². The molecule has 4 nitrogen and oxygen atoms in total. The van der Waals surface area contributed by atoms with Crippen LogP contribution in [0.1, 0.15) is 0 Å². The van der Waals surface area contributed by atoms with Crippen molar-refractivity contribution in [3.8, 4) is 0 Å². The molecule has 0 aliphatic rings. The number of nitrogens with two attached hydrogens (primary N) is 1. The molecule has 0 heterocycles. The van der Waals surface area contributed by atoms with E-state index in [9.17, 15) is 9.35 Å². The number of urea groups is 1. The van der Waals surface area contributed by atoms with Crippen LogP contribution in [0.15, 0.2) is 53.4 Å². The number of rotatable bonds is 3. The first-order chi connectivity index (χ1) is 9.49. The van der Waals surface area contributed by atoms with E-state index in [4.69, 9.17) is 28.9 Å². The van der Waals surface area contributed by atoms with Crippen molar-refractivity contribution in [2.45, 2.75) is 4.90 Å². The standard InChI is InChI=1S/C13H10Cl2N2O2S/c14-9-1-5-11(6-2-9)17(13(16)18)20(19)12-7-3-10(15)4-8-12/h1-8H,(H2,16,18). The van der Waals surface area contributed by atoms with Crippen LogP contribution in [0.3, 0.4) is 0 Å². The van der Waals surface area contributed by atoms with Gasteiger partial charge < -0.3 is 10.3 Å². The number of hydrogen-bond acceptors (Lipinski definition) is 2. The van der Waals surface area contributed by atoms with Crippen LogP contribution in [0.4, 0.5) is 10.5 Å². The lowest BCUT2D eigenvalue weighted by molar-refractivity contribution is 0.257. The number of nitrogens with zero attached hydrogens (tertiary/aromatic N) is 1. The second-order valence-electron chi connectivity index (χ2n) is 3.81. The Bertz CT molecular complexity index is 605. The highest BCUT2D eigenvalue weighted by molar-refractivity contribution is 7.93. The van der Waals surface area contributed by atoms with Crippen LogP contribution in [0.25, 0.3) is 0 Å². The minimum absolute atomic E-state index is 0.398. The molecule has 1 unspecified atom stereocenters. The Labute approximate surface area is 129 Å². The highest BCUT2D eigenvalue weighted by Crippen LogP contribution is 2.25. The van der Waals surface area contributed by atoms with E-state index in [1.807, 2.05) is 0 Å². The molecule has 1 atom stereocenters. The van der Waals surface area contributed by atoms with Crippen molar-refractivity contribution in [1.29, 1.82) is 0 Å². The maximum absolute atomic E-state index is 12.4. The molecule has 0 spiro atoms. The molecular formula is C13H10Cl2N2O2S. The minimum Gasteiger partial charge on any atom is -0.587 e. The van der Waals surface area contributed by atoms with Gasteiger partial charge in [0.05, 0.1) is 5.69 Å². The molecule has 0 saturated heterocycles. The van der Waals surface area contributed by atoms with E-state index >= 15 is 0 Å². The zero-order chi connectivity index (χ0) is 14.7. The minimum atomic E-state index is -1.76. The molecule has 0 bridgehead atoms. The molecule has 2 aromatic rings. The fourth-order valence-corrected chi connectivity index (χ4v) is 2.85. The number of primary amides is 1. The van der Waals surface area contributed by atoms with Gasteiger partial charge in [-0.05, 0) is 48.5 Å². The number of anilines is 1. The quantitative estimate of drug-likeness (QED) is 0.874. The molecule has 2 rings (SSSR count). The highest BCUT2D eigenvalue weighted by Gasteiger charge is 2.28. The van der Waals surface area contributed by atoms with Gasteiger partial charge in [0.25, 0.3) is 0 Å². The molecule has 2 N–H and O–H groups in total. The van der Waals surface area contributed by atoms with Crippen LogP contribution in [0.2, 0.25) is 10.0 Å². The predicted octanol–water partition coefficient (Wildman–Crippen LogP) is 3.60. The molecule has 104 valence electrons. The molecule has 2 aromatic carbocycles. The second kappa shape index (κ2) is 6.37. The summed E-state index contributed by atoms with van der Waals surface area (Å²) in [6.07, 6.45) is 0. The van der Waals surface area contributed by atoms with Gasteiger partial charge >= 0.3 is 6.03 Å². The maximum Gasteiger partial charge on any atom is 0.361 e. The number of amides is 2. The Morgan fingerprint density at radius 1 is 1.00 bits per heavy atom. The van der Waals surface area contributed by atoms with Gasteiger partial charge in [-0.1, -0.05) is 23.2 Å². The monoisotopic (exact) mass is 328 g/mol. The van der Waals surface area contributed by atoms with E-state index in [0.717, 1.165) is 4.31 Å². The Hall–Kier alpha value is -1.40. The summed E-state index contributed by atoms with van der Waals surface area (Å²) in [5.41, 5.74) is 5.71. The van der Waals surface area contributed by atoms with Crippen LogP contribution < -0.4 is 10.0 Å². The van der Waals surface area contributed by atoms with Crippen LogP contribution in [-0.4, -0.2) is 10.6 Å². The molecule has 0 saturated carbocycles.